The van der Waals surface area contributed by atoms with Gasteiger partial charge >= 0.3 is 12.4 Å². The summed E-state index contributed by atoms with van der Waals surface area (Å²) < 4.78 is 104. The Morgan fingerprint density at radius 2 is 1.35 bits per heavy atom. The number of aliphatic hydroxyl groups is 1. The average Bonchev–Trinajstić information content (AvgIpc) is 2.52. The summed E-state index contributed by atoms with van der Waals surface area (Å²) in [6.45, 7) is 0. The van der Waals surface area contributed by atoms with Gasteiger partial charge in [-0.1, -0.05) is 46.3 Å². The van der Waals surface area contributed by atoms with Crippen LogP contribution in [-0.2, 0) is 5.60 Å². The first kappa shape index (κ1) is 20.6. The Hall–Kier alpha value is -1.68. The Morgan fingerprint density at radius 1 is 0.808 bits per heavy atom. The van der Waals surface area contributed by atoms with Crippen molar-refractivity contribution in [3.8, 4) is 11.1 Å². The molecule has 0 saturated heterocycles. The SMILES string of the molecule is OC(c1ccc(Br)c(-c2ccccc2C(F)F)c1)(C(F)(F)F)C(F)(F)F. The van der Waals surface area contributed by atoms with E-state index >= 15 is 0 Å². The molecule has 2 aromatic carbocycles. The standard InChI is InChI=1S/C16H9BrF8O/c17-12-6-5-8(14(26,15(20,21)22)16(23,24)25)7-11(12)9-3-1-2-4-10(9)13(18)19/h1-7,13,26H. The summed E-state index contributed by atoms with van der Waals surface area (Å²) >= 11 is 2.93. The van der Waals surface area contributed by atoms with Crippen LogP contribution in [0.3, 0.4) is 0 Å². The summed E-state index contributed by atoms with van der Waals surface area (Å²) in [5.74, 6) is 0. The van der Waals surface area contributed by atoms with Crippen LogP contribution < -0.4 is 0 Å². The summed E-state index contributed by atoms with van der Waals surface area (Å²) in [7, 11) is 0. The smallest absolute Gasteiger partial charge is 0.369 e. The summed E-state index contributed by atoms with van der Waals surface area (Å²) in [6, 6.07) is 6.34. The molecule has 0 aliphatic heterocycles. The lowest BCUT2D eigenvalue weighted by Gasteiger charge is -2.33. The molecule has 0 heterocycles. The quantitative estimate of drug-likeness (QED) is 0.541. The molecule has 0 fully saturated rings. The molecule has 142 valence electrons. The predicted molar refractivity (Wildman–Crippen MR) is 80.5 cm³/mol. The molecule has 1 nitrogen and oxygen atoms in total. The van der Waals surface area contributed by atoms with Gasteiger partial charge in [-0.15, -0.1) is 0 Å². The topological polar surface area (TPSA) is 20.2 Å². The fourth-order valence-electron chi connectivity index (χ4n) is 2.38. The van der Waals surface area contributed by atoms with Crippen LogP contribution in [0, 0.1) is 0 Å². The molecule has 0 atom stereocenters. The second kappa shape index (κ2) is 6.80. The van der Waals surface area contributed by atoms with Crippen molar-refractivity contribution in [2.45, 2.75) is 24.4 Å². The van der Waals surface area contributed by atoms with Crippen molar-refractivity contribution in [3.63, 3.8) is 0 Å². The lowest BCUT2D eigenvalue weighted by Crippen LogP contribution is -2.53. The Labute approximate surface area is 150 Å². The first-order valence-electron chi connectivity index (χ1n) is 6.84. The van der Waals surface area contributed by atoms with Gasteiger partial charge in [0.1, 0.15) is 0 Å². The van der Waals surface area contributed by atoms with E-state index in [1.54, 1.807) is 0 Å². The van der Waals surface area contributed by atoms with Gasteiger partial charge in [0.05, 0.1) is 0 Å². The highest BCUT2D eigenvalue weighted by Crippen LogP contribution is 2.51. The third kappa shape index (κ3) is 3.44. The zero-order valence-electron chi connectivity index (χ0n) is 12.5. The summed E-state index contributed by atoms with van der Waals surface area (Å²) in [5, 5.41) is 9.48. The molecule has 0 spiro atoms. The van der Waals surface area contributed by atoms with Crippen LogP contribution in [0.5, 0.6) is 0 Å². The van der Waals surface area contributed by atoms with Crippen molar-refractivity contribution in [1.29, 1.82) is 0 Å². The van der Waals surface area contributed by atoms with Gasteiger partial charge in [0.25, 0.3) is 12.0 Å². The van der Waals surface area contributed by atoms with Crippen LogP contribution in [0.4, 0.5) is 35.1 Å². The van der Waals surface area contributed by atoms with Crippen LogP contribution in [0.25, 0.3) is 11.1 Å². The molecule has 0 amide bonds. The van der Waals surface area contributed by atoms with E-state index in [0.717, 1.165) is 18.2 Å². The van der Waals surface area contributed by atoms with Crippen LogP contribution >= 0.6 is 15.9 Å². The molecule has 0 radical (unpaired) electrons. The van der Waals surface area contributed by atoms with Crippen molar-refractivity contribution < 1.29 is 40.2 Å². The normalized spacial score (nSPS) is 13.3. The molecule has 0 bridgehead atoms. The summed E-state index contributed by atoms with van der Waals surface area (Å²) in [4.78, 5) is 0. The van der Waals surface area contributed by atoms with Crippen molar-refractivity contribution in [3.05, 3.63) is 58.1 Å². The molecule has 0 unspecified atom stereocenters. The van der Waals surface area contributed by atoms with E-state index in [1.807, 2.05) is 0 Å². The van der Waals surface area contributed by atoms with E-state index in [1.165, 1.54) is 12.1 Å². The molecule has 0 saturated carbocycles. The van der Waals surface area contributed by atoms with E-state index in [-0.39, 0.29) is 15.6 Å². The van der Waals surface area contributed by atoms with Gasteiger partial charge in [0.15, 0.2) is 0 Å². The lowest BCUT2D eigenvalue weighted by atomic mass is 9.89. The number of halogens is 9. The molecule has 2 rings (SSSR count). The maximum Gasteiger partial charge on any atom is 0.430 e. The molecular weight excluding hydrogens is 440 g/mol. The van der Waals surface area contributed by atoms with Crippen LogP contribution in [0.2, 0.25) is 0 Å². The van der Waals surface area contributed by atoms with E-state index in [0.29, 0.717) is 12.1 Å². The highest BCUT2D eigenvalue weighted by Gasteiger charge is 2.71. The molecule has 10 heteroatoms. The third-order valence-corrected chi connectivity index (χ3v) is 4.38. The number of benzene rings is 2. The summed E-state index contributed by atoms with van der Waals surface area (Å²) in [6.07, 6.45) is -15.2. The Kier molecular flexibility index (Phi) is 5.40. The second-order valence-electron chi connectivity index (χ2n) is 5.29. The van der Waals surface area contributed by atoms with Crippen molar-refractivity contribution >= 4 is 15.9 Å². The molecule has 2 aromatic rings. The van der Waals surface area contributed by atoms with Gasteiger partial charge in [-0.05, 0) is 23.3 Å². The Bertz CT molecular complexity index is 784. The molecule has 0 aliphatic carbocycles. The van der Waals surface area contributed by atoms with Gasteiger partial charge in [0.2, 0.25) is 0 Å². The Morgan fingerprint density at radius 3 is 1.85 bits per heavy atom. The maximum atomic E-state index is 13.1. The fraction of sp³-hybridized carbons (Fsp3) is 0.250. The average molecular weight is 449 g/mol. The molecule has 0 aromatic heterocycles. The highest BCUT2D eigenvalue weighted by atomic mass is 79.9. The monoisotopic (exact) mass is 448 g/mol. The van der Waals surface area contributed by atoms with Gasteiger partial charge in [-0.2, -0.15) is 26.3 Å². The van der Waals surface area contributed by atoms with E-state index in [4.69, 9.17) is 0 Å². The second-order valence-corrected chi connectivity index (χ2v) is 6.14. The highest BCUT2D eigenvalue weighted by molar-refractivity contribution is 9.10. The fourth-order valence-corrected chi connectivity index (χ4v) is 2.84. The van der Waals surface area contributed by atoms with Gasteiger partial charge < -0.3 is 5.11 Å². The Balaban J connectivity index is 2.76. The largest absolute Gasteiger partial charge is 0.430 e. The zero-order chi connectivity index (χ0) is 19.9. The van der Waals surface area contributed by atoms with Crippen LogP contribution in [0.15, 0.2) is 46.9 Å². The van der Waals surface area contributed by atoms with E-state index in [2.05, 4.69) is 15.9 Å². The minimum atomic E-state index is -6.07. The molecule has 1 N–H and O–H groups in total. The van der Waals surface area contributed by atoms with Gasteiger partial charge in [-0.25, -0.2) is 8.78 Å². The summed E-state index contributed by atoms with van der Waals surface area (Å²) in [5.41, 5.74) is -7.85. The van der Waals surface area contributed by atoms with Crippen LogP contribution in [-0.4, -0.2) is 17.5 Å². The van der Waals surface area contributed by atoms with Gasteiger partial charge in [0, 0.05) is 15.6 Å². The van der Waals surface area contributed by atoms with E-state index < -0.39 is 35.5 Å². The first-order chi connectivity index (χ1) is 11.8. The van der Waals surface area contributed by atoms with Crippen molar-refractivity contribution in [1.82, 2.24) is 0 Å². The minimum absolute atomic E-state index is 0.0129. The predicted octanol–water partition coefficient (Wildman–Crippen LogP) is 6.37. The number of rotatable bonds is 3. The van der Waals surface area contributed by atoms with Crippen molar-refractivity contribution in [2.24, 2.45) is 0 Å². The number of alkyl halides is 8. The van der Waals surface area contributed by atoms with Crippen molar-refractivity contribution in [2.75, 3.05) is 0 Å². The zero-order valence-corrected chi connectivity index (χ0v) is 14.1. The van der Waals surface area contributed by atoms with E-state index in [9.17, 15) is 40.2 Å². The first-order valence-corrected chi connectivity index (χ1v) is 7.63. The molecule has 0 aliphatic rings. The van der Waals surface area contributed by atoms with Crippen LogP contribution in [0.1, 0.15) is 17.6 Å². The lowest BCUT2D eigenvalue weighted by molar-refractivity contribution is -0.376. The maximum absolute atomic E-state index is 13.1. The molecular formula is C16H9BrF8O. The number of hydrogen-bond acceptors (Lipinski definition) is 1. The third-order valence-electron chi connectivity index (χ3n) is 3.69. The number of hydrogen-bond donors (Lipinski definition) is 1. The molecule has 26 heavy (non-hydrogen) atoms. The van der Waals surface area contributed by atoms with Gasteiger partial charge in [-0.3, -0.25) is 0 Å². The minimum Gasteiger partial charge on any atom is -0.369 e.